The lowest BCUT2D eigenvalue weighted by Crippen LogP contribution is -2.40. The van der Waals surface area contributed by atoms with Gasteiger partial charge in [-0.2, -0.15) is 4.80 Å². The van der Waals surface area contributed by atoms with Crippen molar-refractivity contribution in [3.05, 3.63) is 0 Å². The number of amides is 2. The van der Waals surface area contributed by atoms with Gasteiger partial charge in [0.1, 0.15) is 0 Å². The SMILES string of the molecule is Cn1nnc(NC(=O)N2C3CCC2C(C(=O)O)C3)n1. The molecule has 19 heavy (non-hydrogen) atoms. The first-order valence-corrected chi connectivity index (χ1v) is 6.12. The molecule has 2 amide bonds. The molecule has 3 heterocycles. The highest BCUT2D eigenvalue weighted by atomic mass is 16.4. The molecular weight excluding hydrogens is 252 g/mol. The summed E-state index contributed by atoms with van der Waals surface area (Å²) < 4.78 is 0. The highest BCUT2D eigenvalue weighted by Crippen LogP contribution is 2.41. The smallest absolute Gasteiger partial charge is 0.324 e. The zero-order chi connectivity index (χ0) is 13.6. The van der Waals surface area contributed by atoms with Gasteiger partial charge in [-0.1, -0.05) is 5.10 Å². The van der Waals surface area contributed by atoms with Crippen molar-refractivity contribution in [2.24, 2.45) is 13.0 Å². The van der Waals surface area contributed by atoms with E-state index in [0.29, 0.717) is 6.42 Å². The fourth-order valence-electron chi connectivity index (χ4n) is 3.06. The molecule has 0 spiro atoms. The normalized spacial score (nSPS) is 28.7. The van der Waals surface area contributed by atoms with Gasteiger partial charge < -0.3 is 10.0 Å². The largest absolute Gasteiger partial charge is 0.481 e. The van der Waals surface area contributed by atoms with E-state index in [2.05, 4.69) is 20.7 Å². The van der Waals surface area contributed by atoms with Crippen molar-refractivity contribution in [2.45, 2.75) is 31.3 Å². The minimum atomic E-state index is -0.831. The molecule has 2 fully saturated rings. The van der Waals surface area contributed by atoms with Crippen LogP contribution in [0.2, 0.25) is 0 Å². The van der Waals surface area contributed by atoms with E-state index >= 15 is 0 Å². The van der Waals surface area contributed by atoms with Gasteiger partial charge in [0.2, 0.25) is 0 Å². The Kier molecular flexibility index (Phi) is 2.61. The number of carboxylic acid groups (broad SMARTS) is 1. The van der Waals surface area contributed by atoms with E-state index < -0.39 is 11.9 Å². The Balaban J connectivity index is 1.72. The van der Waals surface area contributed by atoms with Gasteiger partial charge in [0.25, 0.3) is 5.95 Å². The minimum absolute atomic E-state index is 0.00257. The number of tetrazole rings is 1. The van der Waals surface area contributed by atoms with Crippen LogP contribution in [0.3, 0.4) is 0 Å². The maximum Gasteiger partial charge on any atom is 0.324 e. The molecule has 2 aliphatic rings. The number of urea groups is 1. The molecule has 0 aliphatic carbocycles. The molecule has 1 aromatic rings. The molecule has 2 aliphatic heterocycles. The van der Waals surface area contributed by atoms with Crippen molar-refractivity contribution >= 4 is 17.9 Å². The van der Waals surface area contributed by atoms with E-state index in [1.165, 1.54) is 4.80 Å². The van der Waals surface area contributed by atoms with E-state index in [0.717, 1.165) is 12.8 Å². The van der Waals surface area contributed by atoms with Gasteiger partial charge in [-0.3, -0.25) is 10.1 Å². The van der Waals surface area contributed by atoms with Crippen molar-refractivity contribution in [1.82, 2.24) is 25.1 Å². The number of hydrogen-bond acceptors (Lipinski definition) is 5. The molecule has 9 heteroatoms. The van der Waals surface area contributed by atoms with Crippen LogP contribution in [0.15, 0.2) is 0 Å². The van der Waals surface area contributed by atoms with Crippen molar-refractivity contribution in [3.63, 3.8) is 0 Å². The molecule has 1 aromatic heterocycles. The first-order valence-electron chi connectivity index (χ1n) is 6.12. The molecule has 0 radical (unpaired) electrons. The van der Waals surface area contributed by atoms with Crippen LogP contribution >= 0.6 is 0 Å². The zero-order valence-corrected chi connectivity index (χ0v) is 10.4. The van der Waals surface area contributed by atoms with Crippen LogP contribution in [-0.4, -0.2) is 54.3 Å². The second-order valence-corrected chi connectivity index (χ2v) is 4.92. The van der Waals surface area contributed by atoms with E-state index in [4.69, 9.17) is 5.11 Å². The van der Waals surface area contributed by atoms with E-state index in [1.54, 1.807) is 11.9 Å². The van der Waals surface area contributed by atoms with Gasteiger partial charge >= 0.3 is 12.0 Å². The lowest BCUT2D eigenvalue weighted by atomic mass is 9.89. The average Bonchev–Trinajstić information content (AvgIpc) is 3.02. The standard InChI is InChI=1S/C10H14N6O3/c1-15-13-9(12-14-15)11-10(19)16-5-2-3-7(16)6(4-5)8(17)18/h5-7H,2-4H2,1H3,(H,17,18)(H,11,13,19). The van der Waals surface area contributed by atoms with Gasteiger partial charge in [-0.05, 0) is 24.5 Å². The first-order chi connectivity index (χ1) is 9.06. The van der Waals surface area contributed by atoms with E-state index in [9.17, 15) is 9.59 Å². The average molecular weight is 266 g/mol. The van der Waals surface area contributed by atoms with Gasteiger partial charge in [-0.25, -0.2) is 4.79 Å². The van der Waals surface area contributed by atoms with Crippen molar-refractivity contribution in [3.8, 4) is 0 Å². The second kappa shape index (κ2) is 4.18. The summed E-state index contributed by atoms with van der Waals surface area (Å²) in [5, 5.41) is 22.9. The molecule has 2 N–H and O–H groups in total. The molecule has 0 saturated carbocycles. The number of fused-ring (bicyclic) bond motifs is 2. The Hall–Kier alpha value is -2.19. The molecule has 3 atom stereocenters. The number of rotatable bonds is 2. The van der Waals surface area contributed by atoms with Crippen molar-refractivity contribution in [1.29, 1.82) is 0 Å². The monoisotopic (exact) mass is 266 g/mol. The van der Waals surface area contributed by atoms with Crippen LogP contribution in [0, 0.1) is 5.92 Å². The van der Waals surface area contributed by atoms with Gasteiger partial charge in [0.15, 0.2) is 0 Å². The number of nitrogens with one attached hydrogen (secondary N) is 1. The quantitative estimate of drug-likeness (QED) is 0.758. The van der Waals surface area contributed by atoms with Gasteiger partial charge in [-0.15, -0.1) is 5.10 Å². The lowest BCUT2D eigenvalue weighted by Gasteiger charge is -2.22. The second-order valence-electron chi connectivity index (χ2n) is 4.92. The topological polar surface area (TPSA) is 113 Å². The predicted octanol–water partition coefficient (Wildman–Crippen LogP) is -0.321. The number of anilines is 1. The summed E-state index contributed by atoms with van der Waals surface area (Å²) >= 11 is 0. The number of aromatic nitrogens is 4. The van der Waals surface area contributed by atoms with Gasteiger partial charge in [0.05, 0.1) is 13.0 Å². The Bertz CT molecular complexity index is 529. The number of nitrogens with zero attached hydrogens (tertiary/aromatic N) is 5. The predicted molar refractivity (Wildman–Crippen MR) is 62.2 cm³/mol. The van der Waals surface area contributed by atoms with Crippen LogP contribution in [0.5, 0.6) is 0 Å². The highest BCUT2D eigenvalue weighted by Gasteiger charge is 2.51. The Morgan fingerprint density at radius 1 is 1.42 bits per heavy atom. The maximum atomic E-state index is 12.2. The summed E-state index contributed by atoms with van der Waals surface area (Å²) in [5.74, 6) is -1.16. The van der Waals surface area contributed by atoms with E-state index in [1.807, 2.05) is 0 Å². The zero-order valence-electron chi connectivity index (χ0n) is 10.4. The Morgan fingerprint density at radius 2 is 2.21 bits per heavy atom. The van der Waals surface area contributed by atoms with Crippen LogP contribution in [0.4, 0.5) is 10.7 Å². The molecule has 3 unspecified atom stereocenters. The Labute approximate surface area is 108 Å². The third kappa shape index (κ3) is 1.90. The first kappa shape index (κ1) is 11.9. The number of hydrogen-bond donors (Lipinski definition) is 2. The summed E-state index contributed by atoms with van der Waals surface area (Å²) in [6.07, 6.45) is 2.13. The third-order valence-electron chi connectivity index (χ3n) is 3.82. The lowest BCUT2D eigenvalue weighted by molar-refractivity contribution is -0.142. The fraction of sp³-hybridized carbons (Fsp3) is 0.700. The number of carbonyl (C=O) groups is 2. The van der Waals surface area contributed by atoms with Crippen LogP contribution in [0.25, 0.3) is 0 Å². The highest BCUT2D eigenvalue weighted by molar-refractivity contribution is 5.89. The van der Waals surface area contributed by atoms with Gasteiger partial charge in [0, 0.05) is 12.1 Å². The van der Waals surface area contributed by atoms with Crippen LogP contribution in [0.1, 0.15) is 19.3 Å². The molecule has 102 valence electrons. The summed E-state index contributed by atoms with van der Waals surface area (Å²) in [5.41, 5.74) is 0. The summed E-state index contributed by atoms with van der Waals surface area (Å²) in [7, 11) is 1.60. The van der Waals surface area contributed by atoms with Crippen LogP contribution < -0.4 is 5.32 Å². The number of carboxylic acids is 1. The van der Waals surface area contributed by atoms with Crippen LogP contribution in [-0.2, 0) is 11.8 Å². The maximum absolute atomic E-state index is 12.2. The molecular formula is C10H14N6O3. The molecule has 9 nitrogen and oxygen atoms in total. The molecule has 3 rings (SSSR count). The van der Waals surface area contributed by atoms with Crippen molar-refractivity contribution in [2.75, 3.05) is 5.32 Å². The summed E-state index contributed by atoms with van der Waals surface area (Å²) in [4.78, 5) is 26.1. The molecule has 2 saturated heterocycles. The number of carbonyl (C=O) groups excluding carboxylic acids is 1. The molecule has 0 aromatic carbocycles. The fourth-order valence-corrected chi connectivity index (χ4v) is 3.06. The number of aliphatic carboxylic acids is 1. The minimum Gasteiger partial charge on any atom is -0.481 e. The molecule has 2 bridgehead atoms. The number of aryl methyl sites for hydroxylation is 1. The summed E-state index contributed by atoms with van der Waals surface area (Å²) in [6, 6.07) is -0.564. The summed E-state index contributed by atoms with van der Waals surface area (Å²) in [6.45, 7) is 0. The third-order valence-corrected chi connectivity index (χ3v) is 3.82. The van der Waals surface area contributed by atoms with E-state index in [-0.39, 0.29) is 24.1 Å². The van der Waals surface area contributed by atoms with Crippen molar-refractivity contribution < 1.29 is 14.7 Å². The Morgan fingerprint density at radius 3 is 2.79 bits per heavy atom.